The first-order valence-corrected chi connectivity index (χ1v) is 4.20. The molecule has 1 rings (SSSR count). The Morgan fingerprint density at radius 1 is 1.57 bits per heavy atom. The van der Waals surface area contributed by atoms with Crippen LogP contribution in [0.5, 0.6) is 0 Å². The Balaban J connectivity index is 3.07. The highest BCUT2D eigenvalue weighted by Gasteiger charge is 2.12. The van der Waals surface area contributed by atoms with E-state index in [-0.39, 0.29) is 18.1 Å². The molecule has 1 aromatic rings. The fourth-order valence-electron chi connectivity index (χ4n) is 1.16. The van der Waals surface area contributed by atoms with Gasteiger partial charge < -0.3 is 10.2 Å². The monoisotopic (exact) mass is 198 g/mol. The molecule has 0 fully saturated rings. The molecule has 0 radical (unpaired) electrons. The highest BCUT2D eigenvalue weighted by molar-refractivity contribution is 5.87. The summed E-state index contributed by atoms with van der Waals surface area (Å²) in [6, 6.07) is 3.68. The predicted molar refractivity (Wildman–Crippen MR) is 48.9 cm³/mol. The van der Waals surface area contributed by atoms with Crippen molar-refractivity contribution in [3.63, 3.8) is 0 Å². The van der Waals surface area contributed by atoms with Crippen molar-refractivity contribution < 1.29 is 19.4 Å². The quantitative estimate of drug-likeness (QED) is 0.775. The van der Waals surface area contributed by atoms with Gasteiger partial charge in [0.2, 0.25) is 0 Å². The van der Waals surface area contributed by atoms with E-state index in [0.717, 1.165) is 6.07 Å². The number of aliphatic hydroxyl groups excluding tert-OH is 1. The fourth-order valence-corrected chi connectivity index (χ4v) is 1.16. The number of hydrogen-bond donors (Lipinski definition) is 2. The maximum absolute atomic E-state index is 13.3. The van der Waals surface area contributed by atoms with Gasteiger partial charge in [0.05, 0.1) is 5.56 Å². The Hall–Kier alpha value is -1.42. The van der Waals surface area contributed by atoms with Crippen LogP contribution in [0.2, 0.25) is 0 Å². The zero-order chi connectivity index (χ0) is 10.7. The molecule has 0 bridgehead atoms. The number of hydrogen-bond acceptors (Lipinski definition) is 2. The minimum absolute atomic E-state index is 0.0867. The van der Waals surface area contributed by atoms with Gasteiger partial charge in [0.1, 0.15) is 5.82 Å². The van der Waals surface area contributed by atoms with E-state index >= 15 is 0 Å². The van der Waals surface area contributed by atoms with Gasteiger partial charge in [0.15, 0.2) is 0 Å². The van der Waals surface area contributed by atoms with Crippen molar-refractivity contribution in [1.82, 2.24) is 0 Å². The van der Waals surface area contributed by atoms with E-state index < -0.39 is 11.8 Å². The summed E-state index contributed by atoms with van der Waals surface area (Å²) < 4.78 is 13.3. The summed E-state index contributed by atoms with van der Waals surface area (Å²) in [5.41, 5.74) is 0.244. The van der Waals surface area contributed by atoms with Crippen molar-refractivity contribution in [2.24, 2.45) is 0 Å². The molecule has 0 spiro atoms. The van der Waals surface area contributed by atoms with Crippen LogP contribution < -0.4 is 0 Å². The minimum atomic E-state index is -1.16. The predicted octanol–water partition coefficient (Wildman–Crippen LogP) is 1.62. The van der Waals surface area contributed by atoms with Crippen LogP contribution in [0.4, 0.5) is 4.39 Å². The standard InChI is InChI=1S/C10H11FO3/c1-6(5-12)8-3-2-7(10(13)14)4-9(8)11/h2-4,6,12H,5H2,1H3,(H,13,14). The average molecular weight is 198 g/mol. The van der Waals surface area contributed by atoms with Crippen LogP contribution in [0.15, 0.2) is 18.2 Å². The molecule has 0 heterocycles. The third-order valence-corrected chi connectivity index (χ3v) is 2.05. The van der Waals surface area contributed by atoms with Crippen LogP contribution in [0.3, 0.4) is 0 Å². The second-order valence-corrected chi connectivity index (χ2v) is 3.13. The number of carboxylic acid groups (broad SMARTS) is 1. The molecular formula is C10H11FO3. The van der Waals surface area contributed by atoms with Gasteiger partial charge in [-0.1, -0.05) is 13.0 Å². The Bertz CT molecular complexity index is 349. The molecule has 76 valence electrons. The van der Waals surface area contributed by atoms with Gasteiger partial charge in [-0.3, -0.25) is 0 Å². The van der Waals surface area contributed by atoms with Gasteiger partial charge in [0, 0.05) is 12.5 Å². The van der Waals surface area contributed by atoms with Crippen molar-refractivity contribution >= 4 is 5.97 Å². The smallest absolute Gasteiger partial charge is 0.335 e. The summed E-state index contributed by atoms with van der Waals surface area (Å²) in [7, 11) is 0. The Morgan fingerprint density at radius 2 is 2.21 bits per heavy atom. The molecule has 0 saturated heterocycles. The zero-order valence-electron chi connectivity index (χ0n) is 7.70. The summed E-state index contributed by atoms with van der Waals surface area (Å²) in [6.07, 6.45) is 0. The highest BCUT2D eigenvalue weighted by atomic mass is 19.1. The second kappa shape index (κ2) is 4.19. The molecule has 0 saturated carbocycles. The van der Waals surface area contributed by atoms with Crippen LogP contribution >= 0.6 is 0 Å². The highest BCUT2D eigenvalue weighted by Crippen LogP contribution is 2.19. The number of aromatic carboxylic acids is 1. The Morgan fingerprint density at radius 3 is 2.64 bits per heavy atom. The van der Waals surface area contributed by atoms with E-state index in [1.54, 1.807) is 6.92 Å². The maximum Gasteiger partial charge on any atom is 0.335 e. The van der Waals surface area contributed by atoms with Crippen molar-refractivity contribution in [2.45, 2.75) is 12.8 Å². The first-order chi connectivity index (χ1) is 6.56. The largest absolute Gasteiger partial charge is 0.478 e. The number of aliphatic hydroxyl groups is 1. The average Bonchev–Trinajstić information content (AvgIpc) is 2.16. The van der Waals surface area contributed by atoms with Crippen molar-refractivity contribution in [3.05, 3.63) is 35.1 Å². The van der Waals surface area contributed by atoms with Crippen LogP contribution in [-0.2, 0) is 0 Å². The third kappa shape index (κ3) is 2.09. The van der Waals surface area contributed by atoms with Gasteiger partial charge in [0.25, 0.3) is 0 Å². The van der Waals surface area contributed by atoms with Crippen LogP contribution in [-0.4, -0.2) is 22.8 Å². The van der Waals surface area contributed by atoms with E-state index in [2.05, 4.69) is 0 Å². The molecule has 1 atom stereocenters. The maximum atomic E-state index is 13.3. The van der Waals surface area contributed by atoms with E-state index in [4.69, 9.17) is 10.2 Å². The minimum Gasteiger partial charge on any atom is -0.478 e. The van der Waals surface area contributed by atoms with E-state index in [1.165, 1.54) is 12.1 Å². The first kappa shape index (κ1) is 10.7. The van der Waals surface area contributed by atoms with Crippen LogP contribution in [0, 0.1) is 5.82 Å². The first-order valence-electron chi connectivity index (χ1n) is 4.20. The molecule has 0 aliphatic carbocycles. The van der Waals surface area contributed by atoms with Crippen molar-refractivity contribution in [3.8, 4) is 0 Å². The zero-order valence-corrected chi connectivity index (χ0v) is 7.70. The molecule has 2 N–H and O–H groups in total. The normalized spacial score (nSPS) is 12.5. The van der Waals surface area contributed by atoms with Gasteiger partial charge in [-0.05, 0) is 17.7 Å². The molecule has 0 amide bonds. The fraction of sp³-hybridized carbons (Fsp3) is 0.300. The molecule has 0 aliphatic heterocycles. The molecule has 1 unspecified atom stereocenters. The number of benzene rings is 1. The number of halogens is 1. The second-order valence-electron chi connectivity index (χ2n) is 3.13. The summed E-state index contributed by atoms with van der Waals surface area (Å²) in [5.74, 6) is -2.07. The molecule has 0 aromatic heterocycles. The van der Waals surface area contributed by atoms with E-state index in [1.807, 2.05) is 0 Å². The van der Waals surface area contributed by atoms with Gasteiger partial charge in [-0.15, -0.1) is 0 Å². The van der Waals surface area contributed by atoms with Gasteiger partial charge >= 0.3 is 5.97 Å². The van der Waals surface area contributed by atoms with Crippen LogP contribution in [0.25, 0.3) is 0 Å². The lowest BCUT2D eigenvalue weighted by molar-refractivity contribution is 0.0696. The number of carboxylic acids is 1. The summed E-state index contributed by atoms with van der Waals surface area (Å²) in [6.45, 7) is 1.50. The number of rotatable bonds is 3. The molecular weight excluding hydrogens is 187 g/mol. The van der Waals surface area contributed by atoms with Crippen molar-refractivity contribution in [2.75, 3.05) is 6.61 Å². The SMILES string of the molecule is CC(CO)c1ccc(C(=O)O)cc1F. The summed E-state index contributed by atoms with van der Waals surface area (Å²) in [5, 5.41) is 17.4. The lowest BCUT2D eigenvalue weighted by Gasteiger charge is -2.09. The van der Waals surface area contributed by atoms with E-state index in [0.29, 0.717) is 5.56 Å². The van der Waals surface area contributed by atoms with E-state index in [9.17, 15) is 9.18 Å². The molecule has 3 nitrogen and oxygen atoms in total. The summed E-state index contributed by atoms with van der Waals surface area (Å²) >= 11 is 0. The lowest BCUT2D eigenvalue weighted by atomic mass is 10.00. The molecule has 1 aromatic carbocycles. The lowest BCUT2D eigenvalue weighted by Crippen LogP contribution is -2.04. The van der Waals surface area contributed by atoms with Gasteiger partial charge in [-0.25, -0.2) is 9.18 Å². The molecule has 14 heavy (non-hydrogen) atoms. The topological polar surface area (TPSA) is 57.5 Å². The van der Waals surface area contributed by atoms with Crippen molar-refractivity contribution in [1.29, 1.82) is 0 Å². The van der Waals surface area contributed by atoms with Gasteiger partial charge in [-0.2, -0.15) is 0 Å². The Labute approximate surface area is 80.8 Å². The molecule has 4 heteroatoms. The summed E-state index contributed by atoms with van der Waals surface area (Å²) in [4.78, 5) is 10.5. The van der Waals surface area contributed by atoms with Crippen LogP contribution in [0.1, 0.15) is 28.8 Å². The Kier molecular flexibility index (Phi) is 3.19. The molecule has 0 aliphatic rings. The number of carbonyl (C=O) groups is 1. The third-order valence-electron chi connectivity index (χ3n) is 2.05.